The van der Waals surface area contributed by atoms with Crippen LogP contribution in [0.3, 0.4) is 0 Å². The van der Waals surface area contributed by atoms with Gasteiger partial charge in [0, 0.05) is 24.5 Å². The fraction of sp³-hybridized carbons (Fsp3) is 0.111. The number of carbonyl (C=O) groups excluding carboxylic acids is 1. The monoisotopic (exact) mass is 388 g/mol. The maximum Gasteiger partial charge on any atom is 0.289 e. The normalized spacial score (nSPS) is 10.8. The second kappa shape index (κ2) is 9.31. The molecule has 0 spiro atoms. The predicted octanol–water partition coefficient (Wildman–Crippen LogP) is 3.57. The highest BCUT2D eigenvalue weighted by atomic mass is 35.5. The van der Waals surface area contributed by atoms with Crippen LogP contribution in [-0.4, -0.2) is 17.4 Å². The summed E-state index contributed by atoms with van der Waals surface area (Å²) in [7, 11) is 0. The van der Waals surface area contributed by atoms with E-state index in [1.54, 1.807) is 18.2 Å². The Morgan fingerprint density at radius 1 is 1.33 bits per heavy atom. The van der Waals surface area contributed by atoms with Crippen LogP contribution in [0.25, 0.3) is 0 Å². The van der Waals surface area contributed by atoms with Crippen molar-refractivity contribution in [3.63, 3.8) is 0 Å². The van der Waals surface area contributed by atoms with Gasteiger partial charge in [-0.05, 0) is 36.2 Å². The number of nitriles is 1. The van der Waals surface area contributed by atoms with Gasteiger partial charge in [-0.2, -0.15) is 5.26 Å². The van der Waals surface area contributed by atoms with Gasteiger partial charge in [0.2, 0.25) is 0 Å². The van der Waals surface area contributed by atoms with E-state index in [4.69, 9.17) is 16.9 Å². The number of hydrogen-bond acceptors (Lipinski definition) is 5. The molecule has 0 saturated heterocycles. The van der Waals surface area contributed by atoms with Crippen LogP contribution in [0.4, 0.5) is 15.8 Å². The summed E-state index contributed by atoms with van der Waals surface area (Å²) in [6.45, 7) is 0.383. The highest BCUT2D eigenvalue weighted by Gasteiger charge is 2.15. The molecule has 2 N–H and O–H groups in total. The van der Waals surface area contributed by atoms with Crippen LogP contribution < -0.4 is 10.6 Å². The van der Waals surface area contributed by atoms with Gasteiger partial charge in [0.15, 0.2) is 0 Å². The molecule has 0 radical (unpaired) electrons. The quantitative estimate of drug-likeness (QED) is 0.248. The largest absolute Gasteiger partial charge is 0.389 e. The van der Waals surface area contributed by atoms with Crippen LogP contribution in [-0.2, 0) is 11.2 Å². The van der Waals surface area contributed by atoms with Crippen molar-refractivity contribution in [3.05, 3.63) is 80.8 Å². The molecule has 0 aliphatic rings. The van der Waals surface area contributed by atoms with Crippen LogP contribution in [0.2, 0.25) is 5.02 Å². The van der Waals surface area contributed by atoms with Gasteiger partial charge < -0.3 is 10.6 Å². The fourth-order valence-corrected chi connectivity index (χ4v) is 2.35. The Kier molecular flexibility index (Phi) is 6.86. The number of halogens is 2. The van der Waals surface area contributed by atoms with Gasteiger partial charge in [-0.1, -0.05) is 23.7 Å². The molecule has 27 heavy (non-hydrogen) atoms. The van der Waals surface area contributed by atoms with Crippen LogP contribution in [0, 0.1) is 27.3 Å². The number of nitrogens with zero attached hydrogens (tertiary/aromatic N) is 2. The lowest BCUT2D eigenvalue weighted by atomic mass is 10.1. The van der Waals surface area contributed by atoms with E-state index in [2.05, 4.69) is 10.6 Å². The van der Waals surface area contributed by atoms with Gasteiger partial charge in [0.25, 0.3) is 11.6 Å². The minimum absolute atomic E-state index is 0.0620. The standard InChI is InChI=1S/C18H14ClFN4O3/c19-16-5-4-15(9-17(16)24(26)27)23-18(25)13(10-21)11-22-7-6-12-2-1-3-14(20)8-12/h1-5,8-9,11,22H,6-7H2,(H,23,25)/b13-11-. The summed E-state index contributed by atoms with van der Waals surface area (Å²) in [5.41, 5.74) is 0.335. The molecule has 0 heterocycles. The van der Waals surface area contributed by atoms with E-state index in [1.807, 2.05) is 0 Å². The molecule has 0 aromatic heterocycles. The Bertz CT molecular complexity index is 940. The zero-order valence-corrected chi connectivity index (χ0v) is 14.7. The number of hydrogen-bond donors (Lipinski definition) is 2. The van der Waals surface area contributed by atoms with Crippen LogP contribution in [0.5, 0.6) is 0 Å². The third kappa shape index (κ3) is 5.80. The second-order valence-electron chi connectivity index (χ2n) is 5.38. The van der Waals surface area contributed by atoms with Crippen LogP contribution in [0.15, 0.2) is 54.2 Å². The zero-order chi connectivity index (χ0) is 19.8. The van der Waals surface area contributed by atoms with E-state index in [9.17, 15) is 19.3 Å². The van der Waals surface area contributed by atoms with Crippen molar-refractivity contribution in [2.24, 2.45) is 0 Å². The summed E-state index contributed by atoms with van der Waals surface area (Å²) in [6, 6.07) is 11.6. The van der Waals surface area contributed by atoms with Gasteiger partial charge >= 0.3 is 0 Å². The van der Waals surface area contributed by atoms with Crippen molar-refractivity contribution < 1.29 is 14.1 Å². The van der Waals surface area contributed by atoms with Gasteiger partial charge in [-0.15, -0.1) is 0 Å². The summed E-state index contributed by atoms with van der Waals surface area (Å²) in [4.78, 5) is 22.3. The first kappa shape index (κ1) is 19.9. The van der Waals surface area contributed by atoms with Crippen molar-refractivity contribution in [3.8, 4) is 6.07 Å². The third-order valence-electron chi connectivity index (χ3n) is 3.46. The van der Waals surface area contributed by atoms with E-state index in [0.29, 0.717) is 13.0 Å². The van der Waals surface area contributed by atoms with Crippen molar-refractivity contribution in [1.82, 2.24) is 5.32 Å². The Morgan fingerprint density at radius 2 is 2.11 bits per heavy atom. The summed E-state index contributed by atoms with van der Waals surface area (Å²) in [5, 5.41) is 25.1. The van der Waals surface area contributed by atoms with E-state index in [-0.39, 0.29) is 27.8 Å². The van der Waals surface area contributed by atoms with Crippen LogP contribution in [0.1, 0.15) is 5.56 Å². The molecule has 0 atom stereocenters. The highest BCUT2D eigenvalue weighted by Crippen LogP contribution is 2.27. The molecule has 0 unspecified atom stereocenters. The minimum Gasteiger partial charge on any atom is -0.389 e. The Hall–Kier alpha value is -3.44. The van der Waals surface area contributed by atoms with Gasteiger partial charge in [-0.25, -0.2) is 4.39 Å². The summed E-state index contributed by atoms with van der Waals surface area (Å²) in [6.07, 6.45) is 1.73. The molecule has 0 aliphatic heterocycles. The lowest BCUT2D eigenvalue weighted by molar-refractivity contribution is -0.384. The summed E-state index contributed by atoms with van der Waals surface area (Å²) >= 11 is 5.71. The van der Waals surface area contributed by atoms with Crippen molar-refractivity contribution in [2.75, 3.05) is 11.9 Å². The molecular formula is C18H14ClFN4O3. The van der Waals surface area contributed by atoms with E-state index < -0.39 is 10.8 Å². The number of benzene rings is 2. The number of anilines is 1. The first-order chi connectivity index (χ1) is 12.9. The summed E-state index contributed by atoms with van der Waals surface area (Å²) < 4.78 is 13.1. The van der Waals surface area contributed by atoms with Crippen molar-refractivity contribution in [1.29, 1.82) is 5.26 Å². The van der Waals surface area contributed by atoms with Crippen LogP contribution >= 0.6 is 11.6 Å². The number of nitro groups is 1. The summed E-state index contributed by atoms with van der Waals surface area (Å²) in [5.74, 6) is -1.07. The lowest BCUT2D eigenvalue weighted by Gasteiger charge is -2.06. The number of rotatable bonds is 7. The molecule has 2 aromatic rings. The zero-order valence-electron chi connectivity index (χ0n) is 13.9. The number of carbonyl (C=O) groups is 1. The Labute approximate surface area is 159 Å². The molecular weight excluding hydrogens is 375 g/mol. The fourth-order valence-electron chi connectivity index (χ4n) is 2.16. The molecule has 0 saturated carbocycles. The molecule has 0 aliphatic carbocycles. The Morgan fingerprint density at radius 3 is 2.78 bits per heavy atom. The van der Waals surface area contributed by atoms with E-state index in [1.165, 1.54) is 30.5 Å². The third-order valence-corrected chi connectivity index (χ3v) is 3.78. The first-order valence-corrected chi connectivity index (χ1v) is 8.12. The van der Waals surface area contributed by atoms with Crippen molar-refractivity contribution >= 4 is 28.9 Å². The maximum absolute atomic E-state index is 13.1. The average molecular weight is 389 g/mol. The topological polar surface area (TPSA) is 108 Å². The number of amides is 1. The molecule has 0 bridgehead atoms. The smallest absolute Gasteiger partial charge is 0.289 e. The first-order valence-electron chi connectivity index (χ1n) is 7.74. The van der Waals surface area contributed by atoms with Gasteiger partial charge in [0.05, 0.1) is 4.92 Å². The number of nitrogens with one attached hydrogen (secondary N) is 2. The average Bonchev–Trinajstić information content (AvgIpc) is 2.63. The van der Waals surface area contributed by atoms with E-state index in [0.717, 1.165) is 11.6 Å². The molecule has 138 valence electrons. The Balaban J connectivity index is 1.97. The second-order valence-corrected chi connectivity index (χ2v) is 5.79. The number of nitro benzene ring substituents is 1. The molecule has 7 nitrogen and oxygen atoms in total. The molecule has 2 aromatic carbocycles. The molecule has 2 rings (SSSR count). The van der Waals surface area contributed by atoms with E-state index >= 15 is 0 Å². The molecule has 9 heteroatoms. The molecule has 0 fully saturated rings. The SMILES string of the molecule is N#C/C(=C/NCCc1cccc(F)c1)C(=O)Nc1ccc(Cl)c([N+](=O)[O-])c1. The highest BCUT2D eigenvalue weighted by molar-refractivity contribution is 6.32. The predicted molar refractivity (Wildman–Crippen MR) is 98.5 cm³/mol. The minimum atomic E-state index is -0.729. The molecule has 1 amide bonds. The maximum atomic E-state index is 13.1. The lowest BCUT2D eigenvalue weighted by Crippen LogP contribution is -2.18. The van der Waals surface area contributed by atoms with Gasteiger partial charge in [0.1, 0.15) is 22.5 Å². The van der Waals surface area contributed by atoms with Gasteiger partial charge in [-0.3, -0.25) is 14.9 Å². The van der Waals surface area contributed by atoms with Crippen molar-refractivity contribution in [2.45, 2.75) is 6.42 Å².